The van der Waals surface area contributed by atoms with Crippen molar-refractivity contribution < 1.29 is 4.74 Å². The Morgan fingerprint density at radius 2 is 1.95 bits per heavy atom. The standard InChI is InChI=1S/C18H32OS/c1-3-4-5-6-14-8-7-13(2)18-15-11-12-19-16(15)9-10-17(18)20-14/h13-18H,3-12H2,1-2H3. The van der Waals surface area contributed by atoms with Crippen LogP contribution in [-0.4, -0.2) is 23.2 Å². The smallest absolute Gasteiger partial charge is 0.0607 e. The van der Waals surface area contributed by atoms with Gasteiger partial charge in [-0.15, -0.1) is 0 Å². The fraction of sp³-hybridized carbons (Fsp3) is 1.00. The molecule has 2 saturated heterocycles. The quantitative estimate of drug-likeness (QED) is 0.653. The van der Waals surface area contributed by atoms with Gasteiger partial charge in [-0.05, 0) is 56.3 Å². The molecular formula is C18H32OS. The summed E-state index contributed by atoms with van der Waals surface area (Å²) in [7, 11) is 0. The molecule has 3 rings (SSSR count). The number of hydrogen-bond acceptors (Lipinski definition) is 2. The molecule has 2 heteroatoms. The van der Waals surface area contributed by atoms with Gasteiger partial charge >= 0.3 is 0 Å². The van der Waals surface area contributed by atoms with Gasteiger partial charge in [0.25, 0.3) is 0 Å². The Labute approximate surface area is 129 Å². The second-order valence-electron chi connectivity index (χ2n) is 7.36. The maximum atomic E-state index is 5.99. The van der Waals surface area contributed by atoms with E-state index in [4.69, 9.17) is 4.74 Å². The number of unbranched alkanes of at least 4 members (excludes halogenated alkanes) is 2. The second kappa shape index (κ2) is 7.05. The van der Waals surface area contributed by atoms with E-state index in [1.807, 2.05) is 0 Å². The molecule has 0 aromatic heterocycles. The molecule has 2 heterocycles. The van der Waals surface area contributed by atoms with Crippen LogP contribution in [0.3, 0.4) is 0 Å². The minimum absolute atomic E-state index is 0.621. The minimum Gasteiger partial charge on any atom is -0.378 e. The molecule has 3 fully saturated rings. The van der Waals surface area contributed by atoms with Crippen molar-refractivity contribution in [2.75, 3.05) is 6.61 Å². The fourth-order valence-corrected chi connectivity index (χ4v) is 6.93. The first-order chi connectivity index (χ1) is 9.79. The molecule has 20 heavy (non-hydrogen) atoms. The zero-order chi connectivity index (χ0) is 13.9. The summed E-state index contributed by atoms with van der Waals surface area (Å²) in [4.78, 5) is 0. The normalized spacial score (nSPS) is 44.7. The molecule has 6 unspecified atom stereocenters. The number of thioether (sulfide) groups is 1. The summed E-state index contributed by atoms with van der Waals surface area (Å²) in [5.41, 5.74) is 0. The Morgan fingerprint density at radius 3 is 2.80 bits per heavy atom. The van der Waals surface area contributed by atoms with Gasteiger partial charge in [0.1, 0.15) is 0 Å². The highest BCUT2D eigenvalue weighted by molar-refractivity contribution is 8.00. The van der Waals surface area contributed by atoms with Crippen molar-refractivity contribution in [1.82, 2.24) is 0 Å². The molecule has 0 radical (unpaired) electrons. The molecule has 0 N–H and O–H groups in total. The van der Waals surface area contributed by atoms with E-state index in [9.17, 15) is 0 Å². The van der Waals surface area contributed by atoms with Crippen LogP contribution in [0.1, 0.15) is 71.6 Å². The summed E-state index contributed by atoms with van der Waals surface area (Å²) in [5.74, 6) is 2.78. The van der Waals surface area contributed by atoms with Crippen molar-refractivity contribution in [1.29, 1.82) is 0 Å². The Balaban J connectivity index is 1.63. The topological polar surface area (TPSA) is 9.23 Å². The molecule has 0 amide bonds. The Kier molecular flexibility index (Phi) is 5.36. The predicted molar refractivity (Wildman–Crippen MR) is 88.3 cm³/mol. The van der Waals surface area contributed by atoms with E-state index in [-0.39, 0.29) is 0 Å². The van der Waals surface area contributed by atoms with Crippen molar-refractivity contribution in [3.05, 3.63) is 0 Å². The lowest BCUT2D eigenvalue weighted by Crippen LogP contribution is -2.40. The van der Waals surface area contributed by atoms with Crippen LogP contribution >= 0.6 is 11.8 Å². The predicted octanol–water partition coefficient (Wildman–Crippen LogP) is 5.28. The van der Waals surface area contributed by atoms with Gasteiger partial charge in [-0.1, -0.05) is 33.1 Å². The minimum atomic E-state index is 0.621. The molecule has 1 saturated carbocycles. The van der Waals surface area contributed by atoms with E-state index in [2.05, 4.69) is 25.6 Å². The number of ether oxygens (including phenoxy) is 1. The van der Waals surface area contributed by atoms with Crippen LogP contribution in [0, 0.1) is 17.8 Å². The first-order valence-electron chi connectivity index (χ1n) is 9.06. The molecule has 1 aliphatic carbocycles. The summed E-state index contributed by atoms with van der Waals surface area (Å²) in [5, 5.41) is 1.90. The van der Waals surface area contributed by atoms with Crippen molar-refractivity contribution in [2.24, 2.45) is 17.8 Å². The molecule has 6 atom stereocenters. The van der Waals surface area contributed by atoms with E-state index in [1.165, 1.54) is 57.8 Å². The largest absolute Gasteiger partial charge is 0.378 e. The molecule has 0 aromatic carbocycles. The van der Waals surface area contributed by atoms with Gasteiger partial charge in [-0.3, -0.25) is 0 Å². The molecule has 1 nitrogen and oxygen atoms in total. The van der Waals surface area contributed by atoms with E-state index >= 15 is 0 Å². The summed E-state index contributed by atoms with van der Waals surface area (Å²) >= 11 is 2.38. The monoisotopic (exact) mass is 296 g/mol. The van der Waals surface area contributed by atoms with Crippen molar-refractivity contribution in [3.8, 4) is 0 Å². The van der Waals surface area contributed by atoms with Gasteiger partial charge in [-0.2, -0.15) is 11.8 Å². The van der Waals surface area contributed by atoms with Crippen molar-refractivity contribution in [3.63, 3.8) is 0 Å². The van der Waals surface area contributed by atoms with Gasteiger partial charge in [0.15, 0.2) is 0 Å². The lowest BCUT2D eigenvalue weighted by atomic mass is 9.70. The van der Waals surface area contributed by atoms with Crippen LogP contribution < -0.4 is 0 Å². The zero-order valence-electron chi connectivity index (χ0n) is 13.4. The maximum absolute atomic E-state index is 5.99. The Morgan fingerprint density at radius 1 is 1.05 bits per heavy atom. The fourth-order valence-electron chi connectivity index (χ4n) is 4.94. The van der Waals surface area contributed by atoms with E-state index in [0.717, 1.165) is 34.9 Å². The van der Waals surface area contributed by atoms with Crippen molar-refractivity contribution >= 4 is 11.8 Å². The molecule has 0 bridgehead atoms. The molecule has 0 aromatic rings. The van der Waals surface area contributed by atoms with Gasteiger partial charge in [0, 0.05) is 17.1 Å². The lowest BCUT2D eigenvalue weighted by molar-refractivity contribution is 0.0326. The average Bonchev–Trinajstić information content (AvgIpc) is 2.86. The van der Waals surface area contributed by atoms with E-state index in [0.29, 0.717) is 6.10 Å². The summed E-state index contributed by atoms with van der Waals surface area (Å²) in [6, 6.07) is 0. The summed E-state index contributed by atoms with van der Waals surface area (Å²) in [6.07, 6.45) is 13.4. The van der Waals surface area contributed by atoms with Crippen LogP contribution in [0.2, 0.25) is 0 Å². The van der Waals surface area contributed by atoms with Crippen LogP contribution in [0.4, 0.5) is 0 Å². The zero-order valence-corrected chi connectivity index (χ0v) is 14.2. The molecule has 116 valence electrons. The van der Waals surface area contributed by atoms with Gasteiger partial charge < -0.3 is 4.74 Å². The first kappa shape index (κ1) is 15.2. The Bertz CT molecular complexity index is 306. The molecule has 3 aliphatic rings. The highest BCUT2D eigenvalue weighted by Crippen LogP contribution is 2.51. The van der Waals surface area contributed by atoms with Gasteiger partial charge in [0.05, 0.1) is 6.10 Å². The van der Waals surface area contributed by atoms with Crippen LogP contribution in [-0.2, 0) is 4.74 Å². The summed E-state index contributed by atoms with van der Waals surface area (Å²) in [6.45, 7) is 5.89. The lowest BCUT2D eigenvalue weighted by Gasteiger charge is -2.41. The van der Waals surface area contributed by atoms with E-state index in [1.54, 1.807) is 0 Å². The SMILES string of the molecule is CCCCCC1CCC(C)C2C(CCC3OCCC32)S1. The van der Waals surface area contributed by atoms with Gasteiger partial charge in [-0.25, -0.2) is 0 Å². The number of fused-ring (bicyclic) bond motifs is 3. The number of hydrogen-bond donors (Lipinski definition) is 0. The second-order valence-corrected chi connectivity index (χ2v) is 8.91. The maximum Gasteiger partial charge on any atom is 0.0607 e. The first-order valence-corrected chi connectivity index (χ1v) is 10.0. The molecule has 0 spiro atoms. The Hall–Kier alpha value is 0.310. The highest BCUT2D eigenvalue weighted by Gasteiger charge is 2.46. The number of rotatable bonds is 4. The van der Waals surface area contributed by atoms with Gasteiger partial charge in [0.2, 0.25) is 0 Å². The van der Waals surface area contributed by atoms with Crippen LogP contribution in [0.25, 0.3) is 0 Å². The van der Waals surface area contributed by atoms with Crippen LogP contribution in [0.15, 0.2) is 0 Å². The average molecular weight is 297 g/mol. The van der Waals surface area contributed by atoms with Crippen LogP contribution in [0.5, 0.6) is 0 Å². The molecular weight excluding hydrogens is 264 g/mol. The third-order valence-electron chi connectivity index (χ3n) is 6.02. The van der Waals surface area contributed by atoms with Crippen molar-refractivity contribution in [2.45, 2.75) is 88.2 Å². The third-order valence-corrected chi connectivity index (χ3v) is 7.77. The summed E-state index contributed by atoms with van der Waals surface area (Å²) < 4.78 is 5.99. The van der Waals surface area contributed by atoms with E-state index < -0.39 is 0 Å². The highest BCUT2D eigenvalue weighted by atomic mass is 32.2. The molecule has 2 aliphatic heterocycles. The third kappa shape index (κ3) is 3.21.